The van der Waals surface area contributed by atoms with Crippen LogP contribution in [0.5, 0.6) is 5.75 Å². The molecule has 1 aromatic rings. The van der Waals surface area contributed by atoms with Crippen LogP contribution >= 0.6 is 11.6 Å². The zero-order valence-electron chi connectivity index (χ0n) is 9.51. The Bertz CT molecular complexity index is 400. The number of halogens is 1. The highest BCUT2D eigenvalue weighted by molar-refractivity contribution is 6.30. The van der Waals surface area contributed by atoms with Crippen molar-refractivity contribution in [3.8, 4) is 5.75 Å². The summed E-state index contributed by atoms with van der Waals surface area (Å²) >= 11 is 6.03. The molecule has 2 N–H and O–H groups in total. The van der Waals surface area contributed by atoms with Crippen LogP contribution in [0.4, 0.5) is 0 Å². The second-order valence-electron chi connectivity index (χ2n) is 4.26. The summed E-state index contributed by atoms with van der Waals surface area (Å²) in [6, 6.07) is 3.63. The number of nitrogens with one attached hydrogen (secondary N) is 1. The van der Waals surface area contributed by atoms with Gasteiger partial charge in [-0.15, -0.1) is 0 Å². The van der Waals surface area contributed by atoms with E-state index in [1.807, 2.05) is 13.0 Å². The maximum atomic E-state index is 10.5. The Morgan fingerprint density at radius 2 is 2.25 bits per heavy atom. The van der Waals surface area contributed by atoms with E-state index in [1.54, 1.807) is 13.2 Å². The molecule has 2 rings (SSSR count). The number of aliphatic hydroxyl groups is 1. The summed E-state index contributed by atoms with van der Waals surface area (Å²) in [6.07, 6.45) is 0.684. The fraction of sp³-hybridized carbons (Fsp3) is 0.500. The second kappa shape index (κ2) is 4.24. The van der Waals surface area contributed by atoms with E-state index in [-0.39, 0.29) is 0 Å². The van der Waals surface area contributed by atoms with Crippen LogP contribution in [0.25, 0.3) is 0 Å². The molecule has 1 heterocycles. The molecule has 1 aliphatic heterocycles. The van der Waals surface area contributed by atoms with E-state index in [4.69, 9.17) is 16.3 Å². The highest BCUT2D eigenvalue weighted by Crippen LogP contribution is 2.38. The summed E-state index contributed by atoms with van der Waals surface area (Å²) in [6.45, 7) is 3.29. The fourth-order valence-electron chi connectivity index (χ4n) is 2.26. The lowest BCUT2D eigenvalue weighted by atomic mass is 9.91. The third-order valence-corrected chi connectivity index (χ3v) is 3.30. The first-order valence-corrected chi connectivity index (χ1v) is 5.72. The van der Waals surface area contributed by atoms with E-state index in [1.165, 1.54) is 0 Å². The number of benzene rings is 1. The van der Waals surface area contributed by atoms with Gasteiger partial charge in [-0.25, -0.2) is 0 Å². The summed E-state index contributed by atoms with van der Waals surface area (Å²) < 4.78 is 5.36. The van der Waals surface area contributed by atoms with Gasteiger partial charge in [-0.2, -0.15) is 0 Å². The molecule has 3 nitrogen and oxygen atoms in total. The predicted octanol–water partition coefficient (Wildman–Crippen LogP) is 1.84. The molecule has 1 aromatic carbocycles. The third-order valence-electron chi connectivity index (χ3n) is 3.08. The van der Waals surface area contributed by atoms with Crippen molar-refractivity contribution in [1.82, 2.24) is 5.32 Å². The van der Waals surface area contributed by atoms with Gasteiger partial charge in [0.2, 0.25) is 0 Å². The van der Waals surface area contributed by atoms with Crippen LogP contribution in [0.15, 0.2) is 12.1 Å². The maximum Gasteiger partial charge on any atom is 0.128 e. The fourth-order valence-corrected chi connectivity index (χ4v) is 2.53. The Labute approximate surface area is 100 Å². The Balaban J connectivity index is 2.53. The minimum absolute atomic E-state index is 0.545. The van der Waals surface area contributed by atoms with Gasteiger partial charge in [-0.05, 0) is 37.6 Å². The SMILES string of the molecule is COc1c(C)cc(Cl)cc1C1(O)CCNC1. The van der Waals surface area contributed by atoms with Gasteiger partial charge in [-0.3, -0.25) is 0 Å². The topological polar surface area (TPSA) is 41.5 Å². The van der Waals surface area contributed by atoms with Crippen molar-refractivity contribution in [2.75, 3.05) is 20.2 Å². The average molecular weight is 242 g/mol. The minimum atomic E-state index is -0.860. The molecule has 0 bridgehead atoms. The maximum absolute atomic E-state index is 10.5. The first-order valence-electron chi connectivity index (χ1n) is 5.34. The van der Waals surface area contributed by atoms with Gasteiger partial charge in [0.05, 0.1) is 7.11 Å². The molecule has 0 amide bonds. The van der Waals surface area contributed by atoms with Crippen molar-refractivity contribution < 1.29 is 9.84 Å². The average Bonchev–Trinajstić information content (AvgIpc) is 2.65. The first kappa shape index (κ1) is 11.7. The smallest absolute Gasteiger partial charge is 0.128 e. The summed E-state index contributed by atoms with van der Waals surface area (Å²) in [5, 5.41) is 14.3. The van der Waals surface area contributed by atoms with Crippen LogP contribution in [0.2, 0.25) is 5.02 Å². The van der Waals surface area contributed by atoms with E-state index < -0.39 is 5.60 Å². The van der Waals surface area contributed by atoms with Crippen molar-refractivity contribution >= 4 is 11.6 Å². The molecule has 0 radical (unpaired) electrons. The Kier molecular flexibility index (Phi) is 3.10. The summed E-state index contributed by atoms with van der Waals surface area (Å²) in [4.78, 5) is 0. The zero-order chi connectivity index (χ0) is 11.8. The summed E-state index contributed by atoms with van der Waals surface area (Å²) in [5.41, 5.74) is 0.872. The summed E-state index contributed by atoms with van der Waals surface area (Å²) in [5.74, 6) is 0.732. The number of methoxy groups -OCH3 is 1. The van der Waals surface area contributed by atoms with Gasteiger partial charge in [-0.1, -0.05) is 11.6 Å². The van der Waals surface area contributed by atoms with E-state index in [9.17, 15) is 5.11 Å². The quantitative estimate of drug-likeness (QED) is 0.830. The van der Waals surface area contributed by atoms with E-state index in [2.05, 4.69) is 5.32 Å². The van der Waals surface area contributed by atoms with E-state index >= 15 is 0 Å². The van der Waals surface area contributed by atoms with Gasteiger partial charge in [0.15, 0.2) is 0 Å². The number of hydrogen-bond donors (Lipinski definition) is 2. The molecule has 0 saturated carbocycles. The molecule has 1 aliphatic rings. The highest BCUT2D eigenvalue weighted by Gasteiger charge is 2.36. The lowest BCUT2D eigenvalue weighted by Crippen LogP contribution is -2.29. The largest absolute Gasteiger partial charge is 0.496 e. The number of β-amino-alcohol motifs (C(OH)–C–C–N with tert-alkyl or cyclic N) is 1. The Hall–Kier alpha value is -0.770. The molecule has 88 valence electrons. The van der Waals surface area contributed by atoms with Gasteiger partial charge in [0.25, 0.3) is 0 Å². The van der Waals surface area contributed by atoms with Crippen LogP contribution in [0, 0.1) is 6.92 Å². The molecule has 1 unspecified atom stereocenters. The van der Waals surface area contributed by atoms with Crippen molar-refractivity contribution in [3.63, 3.8) is 0 Å². The van der Waals surface area contributed by atoms with Crippen molar-refractivity contribution in [1.29, 1.82) is 0 Å². The molecular weight excluding hydrogens is 226 g/mol. The van der Waals surface area contributed by atoms with Crippen molar-refractivity contribution in [2.45, 2.75) is 18.9 Å². The molecule has 0 aliphatic carbocycles. The van der Waals surface area contributed by atoms with Crippen molar-refractivity contribution in [3.05, 3.63) is 28.3 Å². The molecule has 16 heavy (non-hydrogen) atoms. The van der Waals surface area contributed by atoms with Gasteiger partial charge in [0.1, 0.15) is 11.4 Å². The summed E-state index contributed by atoms with van der Waals surface area (Å²) in [7, 11) is 1.62. The molecule has 1 fully saturated rings. The number of ether oxygens (including phenoxy) is 1. The van der Waals surface area contributed by atoms with E-state index in [0.717, 1.165) is 23.4 Å². The highest BCUT2D eigenvalue weighted by atomic mass is 35.5. The lowest BCUT2D eigenvalue weighted by Gasteiger charge is -2.25. The number of aryl methyl sites for hydroxylation is 1. The lowest BCUT2D eigenvalue weighted by molar-refractivity contribution is 0.0560. The minimum Gasteiger partial charge on any atom is -0.496 e. The normalized spacial score (nSPS) is 24.8. The van der Waals surface area contributed by atoms with Crippen LogP contribution in [0.1, 0.15) is 17.5 Å². The standard InChI is InChI=1S/C12H16ClNO2/c1-8-5-9(13)6-10(11(8)16-2)12(15)3-4-14-7-12/h5-6,14-15H,3-4,7H2,1-2H3. The molecule has 0 spiro atoms. The molecular formula is C12H16ClNO2. The molecule has 1 atom stereocenters. The molecule has 1 saturated heterocycles. The van der Waals surface area contributed by atoms with Crippen LogP contribution in [0.3, 0.4) is 0 Å². The second-order valence-corrected chi connectivity index (χ2v) is 4.70. The Morgan fingerprint density at radius 3 is 2.81 bits per heavy atom. The van der Waals surface area contributed by atoms with E-state index in [0.29, 0.717) is 18.0 Å². The third kappa shape index (κ3) is 1.90. The molecule has 4 heteroatoms. The predicted molar refractivity (Wildman–Crippen MR) is 64.1 cm³/mol. The number of rotatable bonds is 2. The molecule has 0 aromatic heterocycles. The van der Waals surface area contributed by atoms with Gasteiger partial charge >= 0.3 is 0 Å². The van der Waals surface area contributed by atoms with Crippen LogP contribution in [-0.2, 0) is 5.60 Å². The number of hydrogen-bond acceptors (Lipinski definition) is 3. The van der Waals surface area contributed by atoms with Gasteiger partial charge in [0, 0.05) is 17.1 Å². The van der Waals surface area contributed by atoms with Gasteiger partial charge < -0.3 is 15.2 Å². The van der Waals surface area contributed by atoms with Crippen LogP contribution < -0.4 is 10.1 Å². The monoisotopic (exact) mass is 241 g/mol. The van der Waals surface area contributed by atoms with Crippen LogP contribution in [-0.4, -0.2) is 25.3 Å². The van der Waals surface area contributed by atoms with Crippen molar-refractivity contribution in [2.24, 2.45) is 0 Å². The zero-order valence-corrected chi connectivity index (χ0v) is 10.3. The first-order chi connectivity index (χ1) is 7.57. The Morgan fingerprint density at radius 1 is 1.50 bits per heavy atom.